The number of fused-ring (bicyclic) bond motifs is 1. The molecule has 1 aliphatic heterocycles. The summed E-state index contributed by atoms with van der Waals surface area (Å²) in [6, 6.07) is 0.453. The standard InChI is InChI=1S/C13H19N3O/c17-13-9(6-10-7-14-8-16-10)3-4-12-11(13)2-1-5-15-12/h7-9,11-12,15H,1-6H2,(H,14,16). The third kappa shape index (κ3) is 2.14. The lowest BCUT2D eigenvalue weighted by atomic mass is 9.72. The highest BCUT2D eigenvalue weighted by molar-refractivity contribution is 5.85. The summed E-state index contributed by atoms with van der Waals surface area (Å²) in [6.07, 6.45) is 8.75. The van der Waals surface area contributed by atoms with Crippen LogP contribution in [0.15, 0.2) is 12.5 Å². The predicted molar refractivity (Wildman–Crippen MR) is 64.5 cm³/mol. The number of aromatic nitrogens is 2. The summed E-state index contributed by atoms with van der Waals surface area (Å²) in [6.45, 7) is 1.08. The van der Waals surface area contributed by atoms with Gasteiger partial charge in [-0.3, -0.25) is 4.79 Å². The fourth-order valence-electron chi connectivity index (χ4n) is 3.29. The zero-order chi connectivity index (χ0) is 11.7. The van der Waals surface area contributed by atoms with Crippen LogP contribution in [-0.4, -0.2) is 28.3 Å². The molecule has 1 saturated carbocycles. The number of Topliss-reactive ketones (excluding diaryl/α,β-unsaturated/α-hetero) is 1. The van der Waals surface area contributed by atoms with Crippen LogP contribution < -0.4 is 5.32 Å². The van der Waals surface area contributed by atoms with Gasteiger partial charge in [-0.05, 0) is 38.6 Å². The summed E-state index contributed by atoms with van der Waals surface area (Å²) in [7, 11) is 0. The Morgan fingerprint density at radius 2 is 2.29 bits per heavy atom. The van der Waals surface area contributed by atoms with Gasteiger partial charge in [-0.15, -0.1) is 0 Å². The van der Waals surface area contributed by atoms with Gasteiger partial charge in [-0.2, -0.15) is 0 Å². The number of hydrogen-bond donors (Lipinski definition) is 2. The highest BCUT2D eigenvalue weighted by Gasteiger charge is 2.38. The number of H-pyrrole nitrogens is 1. The molecule has 3 rings (SSSR count). The molecule has 0 amide bonds. The van der Waals surface area contributed by atoms with E-state index >= 15 is 0 Å². The number of hydrogen-bond acceptors (Lipinski definition) is 3. The maximum Gasteiger partial charge on any atom is 0.140 e. The largest absolute Gasteiger partial charge is 0.348 e. The first-order valence-corrected chi connectivity index (χ1v) is 6.59. The van der Waals surface area contributed by atoms with Crippen LogP contribution in [0.25, 0.3) is 0 Å². The summed E-state index contributed by atoms with van der Waals surface area (Å²) in [5.74, 6) is 0.949. The Bertz CT molecular complexity index is 387. The molecule has 1 aromatic heterocycles. The molecule has 1 aliphatic carbocycles. The zero-order valence-electron chi connectivity index (χ0n) is 9.98. The van der Waals surface area contributed by atoms with Gasteiger partial charge in [0.2, 0.25) is 0 Å². The number of rotatable bonds is 2. The first kappa shape index (κ1) is 11.0. The third-order valence-corrected chi connectivity index (χ3v) is 4.20. The number of carbonyl (C=O) groups excluding carboxylic acids is 1. The van der Waals surface area contributed by atoms with E-state index in [1.54, 1.807) is 6.33 Å². The van der Waals surface area contributed by atoms with Crippen molar-refractivity contribution in [3.05, 3.63) is 18.2 Å². The van der Waals surface area contributed by atoms with E-state index in [0.29, 0.717) is 11.8 Å². The summed E-state index contributed by atoms with van der Waals surface area (Å²) in [5, 5.41) is 3.49. The van der Waals surface area contributed by atoms with Crippen LogP contribution in [0.3, 0.4) is 0 Å². The van der Waals surface area contributed by atoms with Gasteiger partial charge in [-0.25, -0.2) is 4.98 Å². The Morgan fingerprint density at radius 1 is 1.35 bits per heavy atom. The predicted octanol–water partition coefficient (Wildman–Crippen LogP) is 1.30. The van der Waals surface area contributed by atoms with Gasteiger partial charge < -0.3 is 10.3 Å². The smallest absolute Gasteiger partial charge is 0.140 e. The number of carbonyl (C=O) groups is 1. The molecule has 3 unspecified atom stereocenters. The lowest BCUT2D eigenvalue weighted by molar-refractivity contribution is -0.131. The van der Waals surface area contributed by atoms with Gasteiger partial charge in [0.1, 0.15) is 5.78 Å². The average molecular weight is 233 g/mol. The lowest BCUT2D eigenvalue weighted by Crippen LogP contribution is -2.50. The van der Waals surface area contributed by atoms with Crippen molar-refractivity contribution >= 4 is 5.78 Å². The van der Waals surface area contributed by atoms with Crippen molar-refractivity contribution in [1.82, 2.24) is 15.3 Å². The molecule has 1 saturated heterocycles. The molecular formula is C13H19N3O. The zero-order valence-corrected chi connectivity index (χ0v) is 9.98. The van der Waals surface area contributed by atoms with Gasteiger partial charge in [0.05, 0.1) is 6.33 Å². The highest BCUT2D eigenvalue weighted by atomic mass is 16.1. The number of imidazole rings is 1. The highest BCUT2D eigenvalue weighted by Crippen LogP contribution is 2.32. The van der Waals surface area contributed by atoms with E-state index in [1.807, 2.05) is 6.20 Å². The van der Waals surface area contributed by atoms with Crippen molar-refractivity contribution in [3.8, 4) is 0 Å². The topological polar surface area (TPSA) is 57.8 Å². The summed E-state index contributed by atoms with van der Waals surface area (Å²) in [5.41, 5.74) is 1.09. The molecule has 0 aromatic carbocycles. The van der Waals surface area contributed by atoms with E-state index in [4.69, 9.17) is 0 Å². The van der Waals surface area contributed by atoms with Crippen LogP contribution in [-0.2, 0) is 11.2 Å². The minimum Gasteiger partial charge on any atom is -0.348 e. The average Bonchev–Trinajstić information content (AvgIpc) is 2.86. The second kappa shape index (κ2) is 4.61. The number of nitrogens with zero attached hydrogens (tertiary/aromatic N) is 1. The third-order valence-electron chi connectivity index (χ3n) is 4.20. The molecule has 2 N–H and O–H groups in total. The van der Waals surface area contributed by atoms with Crippen molar-refractivity contribution in [2.75, 3.05) is 6.54 Å². The Hall–Kier alpha value is -1.16. The number of piperidine rings is 1. The summed E-state index contributed by atoms with van der Waals surface area (Å²) >= 11 is 0. The molecule has 2 heterocycles. The van der Waals surface area contributed by atoms with Gasteiger partial charge in [-0.1, -0.05) is 0 Å². The van der Waals surface area contributed by atoms with Crippen LogP contribution >= 0.6 is 0 Å². The fourth-order valence-corrected chi connectivity index (χ4v) is 3.29. The Labute approximate surface area is 101 Å². The van der Waals surface area contributed by atoms with Crippen molar-refractivity contribution in [3.63, 3.8) is 0 Å². The molecule has 0 bridgehead atoms. The number of nitrogens with one attached hydrogen (secondary N) is 2. The van der Waals surface area contributed by atoms with Gasteiger partial charge in [0.25, 0.3) is 0 Å². The molecule has 92 valence electrons. The Kier molecular flexibility index (Phi) is 2.97. The number of aromatic amines is 1. The normalized spacial score (nSPS) is 33.4. The lowest BCUT2D eigenvalue weighted by Gasteiger charge is -2.38. The van der Waals surface area contributed by atoms with E-state index < -0.39 is 0 Å². The Morgan fingerprint density at radius 3 is 3.12 bits per heavy atom. The molecule has 1 aromatic rings. The minimum absolute atomic E-state index is 0.205. The SMILES string of the molecule is O=C1C(Cc2cnc[nH]2)CCC2NCCCC12. The molecule has 2 fully saturated rings. The second-order valence-electron chi connectivity index (χ2n) is 5.27. The van der Waals surface area contributed by atoms with Gasteiger partial charge in [0.15, 0.2) is 0 Å². The maximum atomic E-state index is 12.4. The van der Waals surface area contributed by atoms with E-state index in [0.717, 1.165) is 44.3 Å². The van der Waals surface area contributed by atoms with E-state index in [2.05, 4.69) is 15.3 Å². The van der Waals surface area contributed by atoms with Gasteiger partial charge >= 0.3 is 0 Å². The molecule has 2 aliphatic rings. The summed E-state index contributed by atoms with van der Waals surface area (Å²) < 4.78 is 0. The van der Waals surface area contributed by atoms with Crippen LogP contribution in [0.5, 0.6) is 0 Å². The quantitative estimate of drug-likeness (QED) is 0.809. The van der Waals surface area contributed by atoms with Gasteiger partial charge in [0, 0.05) is 29.8 Å². The molecule has 4 nitrogen and oxygen atoms in total. The first-order valence-electron chi connectivity index (χ1n) is 6.59. The summed E-state index contributed by atoms with van der Waals surface area (Å²) in [4.78, 5) is 19.5. The van der Waals surface area contributed by atoms with Crippen LogP contribution in [0.1, 0.15) is 31.4 Å². The van der Waals surface area contributed by atoms with Crippen LogP contribution in [0.2, 0.25) is 0 Å². The molecule has 4 heteroatoms. The first-order chi connectivity index (χ1) is 8.34. The second-order valence-corrected chi connectivity index (χ2v) is 5.27. The van der Waals surface area contributed by atoms with Crippen molar-refractivity contribution < 1.29 is 4.79 Å². The molecule has 0 radical (unpaired) electrons. The van der Waals surface area contributed by atoms with Crippen molar-refractivity contribution in [2.45, 2.75) is 38.1 Å². The fraction of sp³-hybridized carbons (Fsp3) is 0.692. The van der Waals surface area contributed by atoms with E-state index in [1.165, 1.54) is 0 Å². The Balaban J connectivity index is 1.69. The van der Waals surface area contributed by atoms with Crippen LogP contribution in [0.4, 0.5) is 0 Å². The van der Waals surface area contributed by atoms with Crippen molar-refractivity contribution in [1.29, 1.82) is 0 Å². The molecule has 17 heavy (non-hydrogen) atoms. The maximum absolute atomic E-state index is 12.4. The van der Waals surface area contributed by atoms with Crippen LogP contribution in [0, 0.1) is 11.8 Å². The van der Waals surface area contributed by atoms with Crippen molar-refractivity contribution in [2.24, 2.45) is 11.8 Å². The number of ketones is 1. The van der Waals surface area contributed by atoms with E-state index in [9.17, 15) is 4.79 Å². The van der Waals surface area contributed by atoms with E-state index in [-0.39, 0.29) is 11.8 Å². The molecular weight excluding hydrogens is 214 g/mol. The minimum atomic E-state index is 0.205. The monoisotopic (exact) mass is 233 g/mol. The molecule has 0 spiro atoms. The molecule has 3 atom stereocenters.